The number of fused-ring (bicyclic) bond motifs is 1. The van der Waals surface area contributed by atoms with Crippen LogP contribution in [0.2, 0.25) is 0 Å². The van der Waals surface area contributed by atoms with Crippen molar-refractivity contribution in [1.29, 1.82) is 5.41 Å². The molecule has 1 heterocycles. The molecule has 0 spiro atoms. The third kappa shape index (κ3) is 5.41. The molecule has 4 N–H and O–H groups in total. The first-order chi connectivity index (χ1) is 11.2. The second-order valence-corrected chi connectivity index (χ2v) is 6.20. The molecule has 0 saturated carbocycles. The van der Waals surface area contributed by atoms with Crippen LogP contribution in [0.5, 0.6) is 0 Å². The highest BCUT2D eigenvalue weighted by molar-refractivity contribution is 9.10. The molecule has 122 valence electrons. The van der Waals surface area contributed by atoms with Gasteiger partial charge in [-0.05, 0) is 37.6 Å². The lowest BCUT2D eigenvalue weighted by Crippen LogP contribution is -2.09. The highest BCUT2D eigenvalue weighted by Gasteiger charge is 2.04. The number of nitrogens with one attached hydrogen (secondary N) is 2. The van der Waals surface area contributed by atoms with Crippen molar-refractivity contribution >= 4 is 38.8 Å². The summed E-state index contributed by atoms with van der Waals surface area (Å²) >= 11 is 3.44. The molecule has 0 amide bonds. The normalized spacial score (nSPS) is 11.7. The van der Waals surface area contributed by atoms with Gasteiger partial charge >= 0.3 is 0 Å². The quantitative estimate of drug-likeness (QED) is 0.462. The van der Waals surface area contributed by atoms with E-state index in [0.29, 0.717) is 5.69 Å². The van der Waals surface area contributed by atoms with E-state index in [1.54, 1.807) is 6.20 Å². The van der Waals surface area contributed by atoms with E-state index in [0.717, 1.165) is 47.0 Å². The molecule has 0 aliphatic rings. The zero-order valence-corrected chi connectivity index (χ0v) is 14.6. The Kier molecular flexibility index (Phi) is 7.16. The summed E-state index contributed by atoms with van der Waals surface area (Å²) in [6, 6.07) is 5.79. The lowest BCUT2D eigenvalue weighted by Gasteiger charge is -2.05. The van der Waals surface area contributed by atoms with E-state index in [4.69, 9.17) is 11.1 Å². The number of benzene rings is 1. The van der Waals surface area contributed by atoms with E-state index in [1.165, 1.54) is 19.1 Å². The van der Waals surface area contributed by atoms with Crippen molar-refractivity contribution in [2.75, 3.05) is 13.1 Å². The molecule has 2 rings (SSSR count). The van der Waals surface area contributed by atoms with E-state index in [2.05, 4.69) is 31.2 Å². The van der Waals surface area contributed by atoms with Crippen molar-refractivity contribution in [3.63, 3.8) is 0 Å². The molecule has 1 aromatic carbocycles. The minimum Gasteiger partial charge on any atom is -0.390 e. The molecule has 0 aliphatic heterocycles. The molecule has 0 aliphatic carbocycles. The van der Waals surface area contributed by atoms with Gasteiger partial charge in [0.05, 0.1) is 22.9 Å². The van der Waals surface area contributed by atoms with Gasteiger partial charge in [-0.25, -0.2) is 4.98 Å². The fraction of sp³-hybridized carbons (Fsp3) is 0.353. The molecule has 0 fully saturated rings. The molecule has 1 aromatic heterocycles. The number of hydrogen-bond acceptors (Lipinski definition) is 5. The molecular weight excluding hydrogens is 354 g/mol. The number of nitrogens with zero attached hydrogens (tertiary/aromatic N) is 2. The predicted octanol–water partition coefficient (Wildman–Crippen LogP) is 3.49. The highest BCUT2D eigenvalue weighted by atomic mass is 79.9. The van der Waals surface area contributed by atoms with E-state index >= 15 is 0 Å². The summed E-state index contributed by atoms with van der Waals surface area (Å²) in [7, 11) is 0. The monoisotopic (exact) mass is 375 g/mol. The van der Waals surface area contributed by atoms with Gasteiger partial charge in [0.1, 0.15) is 0 Å². The van der Waals surface area contributed by atoms with E-state index < -0.39 is 0 Å². The van der Waals surface area contributed by atoms with Gasteiger partial charge in [0.25, 0.3) is 0 Å². The maximum absolute atomic E-state index is 7.59. The SMILES string of the molecule is N=C/C(=C\NCCCCCCN)c1cnc2ccc(Br)cc2n1. The first-order valence-electron chi connectivity index (χ1n) is 7.81. The lowest BCUT2D eigenvalue weighted by molar-refractivity contribution is 0.630. The number of aromatic nitrogens is 2. The third-order valence-electron chi connectivity index (χ3n) is 3.49. The standard InChI is InChI=1S/C17H22BrN5/c18-14-5-6-15-16(9-14)23-17(12-22-15)13(10-20)11-21-8-4-2-1-3-7-19/h5-6,9-12,20-21H,1-4,7-8,19H2/b13-11+,20-10?. The van der Waals surface area contributed by atoms with Gasteiger partial charge in [0.2, 0.25) is 0 Å². The first kappa shape index (κ1) is 17.6. The van der Waals surface area contributed by atoms with Crippen molar-refractivity contribution < 1.29 is 0 Å². The fourth-order valence-electron chi connectivity index (χ4n) is 2.22. The summed E-state index contributed by atoms with van der Waals surface area (Å²) in [6.07, 6.45) is 9.36. The van der Waals surface area contributed by atoms with E-state index in [9.17, 15) is 0 Å². The van der Waals surface area contributed by atoms with Crippen LogP contribution >= 0.6 is 15.9 Å². The van der Waals surface area contributed by atoms with Gasteiger partial charge in [0.15, 0.2) is 0 Å². The average molecular weight is 376 g/mol. The van der Waals surface area contributed by atoms with Crippen molar-refractivity contribution in [3.05, 3.63) is 40.8 Å². The van der Waals surface area contributed by atoms with Gasteiger partial charge in [0, 0.05) is 29.0 Å². The number of unbranched alkanes of at least 4 members (excludes halogenated alkanes) is 3. The van der Waals surface area contributed by atoms with Crippen LogP contribution in [-0.4, -0.2) is 29.3 Å². The average Bonchev–Trinajstić information content (AvgIpc) is 2.57. The number of allylic oxidation sites excluding steroid dienone is 1. The van der Waals surface area contributed by atoms with Crippen molar-refractivity contribution in [2.24, 2.45) is 5.73 Å². The molecule has 0 unspecified atom stereocenters. The smallest absolute Gasteiger partial charge is 0.0922 e. The van der Waals surface area contributed by atoms with Crippen LogP contribution in [0.1, 0.15) is 31.4 Å². The zero-order valence-electron chi connectivity index (χ0n) is 13.1. The summed E-state index contributed by atoms with van der Waals surface area (Å²) in [5.74, 6) is 0. The largest absolute Gasteiger partial charge is 0.390 e. The van der Waals surface area contributed by atoms with Crippen LogP contribution in [0, 0.1) is 5.41 Å². The van der Waals surface area contributed by atoms with Crippen LogP contribution in [0.4, 0.5) is 0 Å². The fourth-order valence-corrected chi connectivity index (χ4v) is 2.57. The maximum Gasteiger partial charge on any atom is 0.0922 e. The Morgan fingerprint density at radius 3 is 2.83 bits per heavy atom. The molecular formula is C17H22BrN5. The predicted molar refractivity (Wildman–Crippen MR) is 99.5 cm³/mol. The van der Waals surface area contributed by atoms with E-state index in [1.807, 2.05) is 24.4 Å². The van der Waals surface area contributed by atoms with Crippen molar-refractivity contribution in [1.82, 2.24) is 15.3 Å². The molecule has 0 saturated heterocycles. The van der Waals surface area contributed by atoms with Crippen LogP contribution < -0.4 is 11.1 Å². The van der Waals surface area contributed by atoms with E-state index in [-0.39, 0.29) is 0 Å². The summed E-state index contributed by atoms with van der Waals surface area (Å²) in [5, 5.41) is 10.8. The van der Waals surface area contributed by atoms with Gasteiger partial charge in [-0.1, -0.05) is 28.8 Å². The Balaban J connectivity index is 1.99. The second-order valence-electron chi connectivity index (χ2n) is 5.29. The summed E-state index contributed by atoms with van der Waals surface area (Å²) < 4.78 is 0.965. The topological polar surface area (TPSA) is 87.7 Å². The third-order valence-corrected chi connectivity index (χ3v) is 3.98. The Morgan fingerprint density at radius 2 is 2.04 bits per heavy atom. The first-order valence-corrected chi connectivity index (χ1v) is 8.60. The van der Waals surface area contributed by atoms with Crippen LogP contribution in [-0.2, 0) is 0 Å². The number of hydrogen-bond donors (Lipinski definition) is 3. The molecule has 23 heavy (non-hydrogen) atoms. The Morgan fingerprint density at radius 1 is 1.22 bits per heavy atom. The van der Waals surface area contributed by atoms with Crippen LogP contribution in [0.15, 0.2) is 35.1 Å². The molecule has 5 nitrogen and oxygen atoms in total. The Labute approximate surface area is 145 Å². The van der Waals surface area contributed by atoms with Crippen LogP contribution in [0.3, 0.4) is 0 Å². The number of rotatable bonds is 9. The van der Waals surface area contributed by atoms with Gasteiger partial charge in [-0.2, -0.15) is 0 Å². The summed E-state index contributed by atoms with van der Waals surface area (Å²) in [4.78, 5) is 8.98. The van der Waals surface area contributed by atoms with Gasteiger partial charge in [-0.3, -0.25) is 4.98 Å². The molecule has 2 aromatic rings. The van der Waals surface area contributed by atoms with Crippen LogP contribution in [0.25, 0.3) is 16.6 Å². The van der Waals surface area contributed by atoms with Gasteiger partial charge in [-0.15, -0.1) is 0 Å². The Bertz CT molecular complexity index is 684. The molecule has 6 heteroatoms. The number of nitrogens with two attached hydrogens (primary N) is 1. The molecule has 0 radical (unpaired) electrons. The number of halogens is 1. The maximum atomic E-state index is 7.59. The van der Waals surface area contributed by atoms with Crippen molar-refractivity contribution in [2.45, 2.75) is 25.7 Å². The molecule has 0 bridgehead atoms. The lowest BCUT2D eigenvalue weighted by atomic mass is 10.2. The Hall–Kier alpha value is -1.79. The summed E-state index contributed by atoms with van der Waals surface area (Å²) in [5.41, 5.74) is 8.55. The van der Waals surface area contributed by atoms with Crippen molar-refractivity contribution in [3.8, 4) is 0 Å². The zero-order chi connectivity index (χ0) is 16.5. The second kappa shape index (κ2) is 9.37. The highest BCUT2D eigenvalue weighted by Crippen LogP contribution is 2.18. The van der Waals surface area contributed by atoms with Gasteiger partial charge < -0.3 is 16.5 Å². The molecule has 0 atom stereocenters. The minimum atomic E-state index is 0.696. The minimum absolute atomic E-state index is 0.696. The summed E-state index contributed by atoms with van der Waals surface area (Å²) in [6.45, 7) is 1.65.